The molecule has 3 aromatic rings. The molecule has 9 aliphatic carbocycles. The second-order valence-corrected chi connectivity index (χ2v) is 24.3. The quantitative estimate of drug-likeness (QED) is 0.0753. The third-order valence-electron chi connectivity index (χ3n) is 21.9. The predicted octanol–water partition coefficient (Wildman–Crippen LogP) is 9.14. The van der Waals surface area contributed by atoms with Gasteiger partial charge in [0.25, 0.3) is 0 Å². The summed E-state index contributed by atoms with van der Waals surface area (Å²) >= 11 is 0. The van der Waals surface area contributed by atoms with Crippen LogP contribution >= 0.6 is 0 Å². The molecular formula is C61H69NO8. The van der Waals surface area contributed by atoms with Crippen molar-refractivity contribution in [2.75, 3.05) is 13.7 Å². The fourth-order valence-electron chi connectivity index (χ4n) is 19.3. The van der Waals surface area contributed by atoms with Gasteiger partial charge in [0.1, 0.15) is 5.78 Å². The molecule has 1 saturated heterocycles. The van der Waals surface area contributed by atoms with Crippen LogP contribution in [0.2, 0.25) is 0 Å². The molecule has 0 aromatic heterocycles. The van der Waals surface area contributed by atoms with Crippen molar-refractivity contribution in [3.63, 3.8) is 0 Å². The molecule has 1 heterocycles. The second-order valence-electron chi connectivity index (χ2n) is 24.3. The van der Waals surface area contributed by atoms with Gasteiger partial charge in [-0.3, -0.25) is 4.79 Å². The smallest absolute Gasteiger partial charge is 0.160 e. The average Bonchev–Trinajstić information content (AvgIpc) is 3.76. The number of hydrogen-bond acceptors (Lipinski definition) is 9. The highest BCUT2D eigenvalue weighted by atomic mass is 16.5. The first-order valence-electron chi connectivity index (χ1n) is 26.8. The lowest BCUT2D eigenvalue weighted by molar-refractivity contribution is -0.258. The summed E-state index contributed by atoms with van der Waals surface area (Å²) in [5.41, 5.74) is 0.815. The maximum absolute atomic E-state index is 15.5. The SMILES string of the molecule is COc1cc(C2CC(=O)CC3(O)CCC45CCC67CC89CCCC8C=C6CCC6(O)CCCCC6CC#CC76CC9c7cc(O)c(O)cc7C46C3C(C#CC2Cc2ccccc2)CN5)c(CO)cc1O. The highest BCUT2D eigenvalue weighted by Gasteiger charge is 2.86. The van der Waals surface area contributed by atoms with Gasteiger partial charge in [-0.1, -0.05) is 79.0 Å². The third kappa shape index (κ3) is 5.81. The van der Waals surface area contributed by atoms with Gasteiger partial charge in [-0.25, -0.2) is 0 Å². The van der Waals surface area contributed by atoms with Gasteiger partial charge in [0.15, 0.2) is 23.0 Å². The molecule has 14 unspecified atom stereocenters. The molecule has 5 saturated carbocycles. The number of benzene rings is 3. The normalized spacial score (nSPS) is 42.7. The Morgan fingerprint density at radius 1 is 0.843 bits per heavy atom. The van der Waals surface area contributed by atoms with E-state index in [1.165, 1.54) is 18.7 Å². The van der Waals surface area contributed by atoms with Crippen LogP contribution in [-0.2, 0) is 23.2 Å². The van der Waals surface area contributed by atoms with E-state index in [0.29, 0.717) is 49.3 Å². The van der Waals surface area contributed by atoms with Crippen LogP contribution in [0, 0.1) is 69.5 Å². The standard InChI is InChI=1S/C61H69NO8/c1-70-53-30-46(40(35-63)26-52(53)67)45-28-44(64)32-58(69)22-24-60-23-21-56-36-55-17-7-13-42(55)27-43(56)16-20-57(68)18-6-5-11-41(57)12-8-19-59(56)33-49(55)47-29-50(65)51(66)31-48(47)61(59,60)54(58)39(34-62-60)15-14-38(45)25-37-9-3-2-4-10-37/h2-4,9-10,26-27,29-31,38-39,41-42,45,49,54,62-63,65-69H,5-7,11-13,16-18,20-25,28,32-36H2,1H3. The summed E-state index contributed by atoms with van der Waals surface area (Å²) in [5, 5.41) is 76.5. The van der Waals surface area contributed by atoms with E-state index in [1.807, 2.05) is 30.3 Å². The Labute approximate surface area is 412 Å². The van der Waals surface area contributed by atoms with Crippen LogP contribution in [0.5, 0.6) is 23.0 Å². The van der Waals surface area contributed by atoms with E-state index in [-0.39, 0.29) is 65.5 Å². The minimum Gasteiger partial charge on any atom is -0.504 e. The third-order valence-corrected chi connectivity index (χ3v) is 21.9. The fourth-order valence-corrected chi connectivity index (χ4v) is 19.3. The summed E-state index contributed by atoms with van der Waals surface area (Å²) in [5.74, 6) is 14.5. The van der Waals surface area contributed by atoms with Crippen LogP contribution in [0.4, 0.5) is 0 Å². The van der Waals surface area contributed by atoms with Crippen LogP contribution in [0.3, 0.4) is 0 Å². The number of allylic oxidation sites excluding steroid dienone is 2. The Balaban J connectivity index is 1.09. The molecular weight excluding hydrogens is 875 g/mol. The van der Waals surface area contributed by atoms with E-state index >= 15 is 4.79 Å². The molecule has 9 nitrogen and oxygen atoms in total. The van der Waals surface area contributed by atoms with Crippen LogP contribution < -0.4 is 10.1 Å². The average molecular weight is 944 g/mol. The van der Waals surface area contributed by atoms with Crippen LogP contribution in [0.15, 0.2) is 66.2 Å². The number of fused-ring (bicyclic) bond motifs is 4. The number of phenols is 3. The lowest BCUT2D eigenvalue weighted by Crippen LogP contribution is -2.87. The van der Waals surface area contributed by atoms with Crippen molar-refractivity contribution in [1.82, 2.24) is 5.32 Å². The van der Waals surface area contributed by atoms with Crippen LogP contribution in [0.25, 0.3) is 0 Å². The van der Waals surface area contributed by atoms with Gasteiger partial charge in [0, 0.05) is 65.8 Å². The summed E-state index contributed by atoms with van der Waals surface area (Å²) in [6, 6.07) is 17.2. The van der Waals surface area contributed by atoms with Crippen molar-refractivity contribution in [3.8, 4) is 46.7 Å². The Bertz CT molecular complexity index is 2850. The number of ether oxygens (including phenoxy) is 1. The molecule has 13 rings (SSSR count). The number of methoxy groups -OCH3 is 1. The maximum Gasteiger partial charge on any atom is 0.160 e. The maximum atomic E-state index is 15.5. The molecule has 7 N–H and O–H groups in total. The molecule has 1 aliphatic heterocycles. The molecule has 4 spiro atoms. The van der Waals surface area contributed by atoms with Crippen molar-refractivity contribution in [3.05, 3.63) is 94.1 Å². The lowest BCUT2D eigenvalue weighted by Gasteiger charge is -2.82. The Morgan fingerprint density at radius 3 is 2.50 bits per heavy atom. The number of aromatic hydroxyl groups is 3. The minimum atomic E-state index is -1.51. The summed E-state index contributed by atoms with van der Waals surface area (Å²) in [6.45, 7) is 0.162. The van der Waals surface area contributed by atoms with Crippen molar-refractivity contribution in [1.29, 1.82) is 0 Å². The number of nitrogens with one attached hydrogen (secondary N) is 1. The summed E-state index contributed by atoms with van der Waals surface area (Å²) in [7, 11) is 1.50. The molecule has 14 atom stereocenters. The molecule has 6 bridgehead atoms. The van der Waals surface area contributed by atoms with Crippen LogP contribution in [-0.4, -0.2) is 66.8 Å². The van der Waals surface area contributed by atoms with Crippen molar-refractivity contribution in [2.24, 2.45) is 45.8 Å². The van der Waals surface area contributed by atoms with Gasteiger partial charge in [-0.2, -0.15) is 0 Å². The summed E-state index contributed by atoms with van der Waals surface area (Å²) in [4.78, 5) is 15.5. The highest BCUT2D eigenvalue weighted by molar-refractivity contribution is 5.81. The van der Waals surface area contributed by atoms with Gasteiger partial charge in [0.2, 0.25) is 0 Å². The van der Waals surface area contributed by atoms with E-state index < -0.39 is 56.7 Å². The molecule has 3 aromatic carbocycles. The zero-order valence-electron chi connectivity index (χ0n) is 40.7. The number of ketones is 1. The number of aliphatic hydroxyl groups is 3. The van der Waals surface area contributed by atoms with E-state index in [4.69, 9.17) is 4.74 Å². The van der Waals surface area contributed by atoms with E-state index in [9.17, 15) is 30.6 Å². The number of phenolic OH excluding ortho intramolecular Hbond substituents is 3. The molecule has 366 valence electrons. The molecule has 70 heavy (non-hydrogen) atoms. The Kier molecular flexibility index (Phi) is 10.1. The number of aliphatic hydroxyl groups excluding tert-OH is 1. The Hall–Kier alpha value is -4.77. The van der Waals surface area contributed by atoms with E-state index in [1.54, 1.807) is 6.07 Å². The van der Waals surface area contributed by atoms with Gasteiger partial charge in [-0.15, -0.1) is 5.92 Å². The minimum absolute atomic E-state index is 0.0547. The molecule has 9 heteroatoms. The first kappa shape index (κ1) is 45.1. The van der Waals surface area contributed by atoms with Crippen LogP contribution in [0.1, 0.15) is 155 Å². The number of Topliss-reactive ketones (excluding diaryl/α,β-unsaturated/α-hetero) is 1. The first-order chi connectivity index (χ1) is 33.8. The van der Waals surface area contributed by atoms with E-state index in [2.05, 4.69) is 47.2 Å². The lowest BCUT2D eigenvalue weighted by atomic mass is 9.21. The van der Waals surface area contributed by atoms with Crippen molar-refractivity contribution in [2.45, 2.75) is 163 Å². The van der Waals surface area contributed by atoms with E-state index in [0.717, 1.165) is 100 Å². The first-order valence-corrected chi connectivity index (χ1v) is 26.8. The number of piperidine rings is 1. The number of hydrogen-bond donors (Lipinski definition) is 7. The van der Waals surface area contributed by atoms with Crippen molar-refractivity contribution >= 4 is 5.78 Å². The molecule has 10 aliphatic rings. The number of carbonyl (C=O) groups is 1. The second kappa shape index (κ2) is 15.6. The molecule has 0 radical (unpaired) electrons. The summed E-state index contributed by atoms with van der Waals surface area (Å²) in [6.07, 6.45) is 17.1. The zero-order chi connectivity index (χ0) is 48.1. The molecule has 0 amide bonds. The predicted molar refractivity (Wildman–Crippen MR) is 265 cm³/mol. The van der Waals surface area contributed by atoms with Gasteiger partial charge < -0.3 is 40.7 Å². The topological polar surface area (TPSA) is 160 Å². The highest BCUT2D eigenvalue weighted by Crippen LogP contribution is 2.87. The molecule has 6 fully saturated rings. The monoisotopic (exact) mass is 944 g/mol. The summed E-state index contributed by atoms with van der Waals surface area (Å²) < 4.78 is 5.63. The largest absolute Gasteiger partial charge is 0.504 e. The number of rotatable bonds is 5. The van der Waals surface area contributed by atoms with Gasteiger partial charge >= 0.3 is 0 Å². The Morgan fingerprint density at radius 2 is 1.67 bits per heavy atom. The van der Waals surface area contributed by atoms with Gasteiger partial charge in [0.05, 0.1) is 30.3 Å². The van der Waals surface area contributed by atoms with Crippen molar-refractivity contribution < 1.29 is 40.2 Å². The fraction of sp³-hybridized carbons (Fsp3) is 0.590. The number of carbonyl (C=O) groups excluding carboxylic acids is 1. The zero-order valence-corrected chi connectivity index (χ0v) is 40.7. The van der Waals surface area contributed by atoms with Gasteiger partial charge in [-0.05, 0) is 159 Å².